The van der Waals surface area contributed by atoms with Crippen LogP contribution in [-0.4, -0.2) is 32.7 Å². The van der Waals surface area contributed by atoms with Gasteiger partial charge in [-0.1, -0.05) is 29.8 Å². The third kappa shape index (κ3) is 4.90. The van der Waals surface area contributed by atoms with Gasteiger partial charge in [-0.05, 0) is 37.6 Å². The number of hydrogen-bond donors (Lipinski definition) is 2. The molecule has 2 aromatic heterocycles. The van der Waals surface area contributed by atoms with E-state index in [1.54, 1.807) is 42.6 Å². The average Bonchev–Trinajstić information content (AvgIpc) is 3.10. The average molecular weight is 413 g/mol. The molecule has 0 radical (unpaired) electrons. The lowest BCUT2D eigenvalue weighted by Crippen LogP contribution is -2.50. The minimum absolute atomic E-state index is 0.116. The number of benzene rings is 1. The zero-order valence-corrected chi connectivity index (χ0v) is 16.8. The van der Waals surface area contributed by atoms with E-state index in [2.05, 4.69) is 21.6 Å². The summed E-state index contributed by atoms with van der Waals surface area (Å²) in [5.41, 5.74) is 6.66. The van der Waals surface area contributed by atoms with Gasteiger partial charge in [0.2, 0.25) is 5.91 Å². The van der Waals surface area contributed by atoms with Crippen molar-refractivity contribution in [2.75, 3.05) is 6.61 Å². The van der Waals surface area contributed by atoms with Gasteiger partial charge < -0.3 is 15.8 Å². The van der Waals surface area contributed by atoms with E-state index in [9.17, 15) is 10.1 Å². The van der Waals surface area contributed by atoms with E-state index < -0.39 is 11.6 Å². The molecule has 0 aliphatic carbocycles. The van der Waals surface area contributed by atoms with Crippen molar-refractivity contribution >= 4 is 23.2 Å². The SMILES string of the molecule is CC(C)(N)C(=O)N[C@H](COCc1ccccc1Cl)c1nnc2ccc(C#N)cn12. The lowest BCUT2D eigenvalue weighted by molar-refractivity contribution is -0.126. The zero-order valence-electron chi connectivity index (χ0n) is 16.1. The molecule has 2 heterocycles. The van der Waals surface area contributed by atoms with E-state index in [0.29, 0.717) is 22.1 Å². The molecule has 0 saturated carbocycles. The molecule has 0 spiro atoms. The first-order chi connectivity index (χ1) is 13.8. The minimum atomic E-state index is -1.08. The van der Waals surface area contributed by atoms with Crippen LogP contribution >= 0.6 is 11.6 Å². The number of nitriles is 1. The number of nitrogens with one attached hydrogen (secondary N) is 1. The fraction of sp³-hybridized carbons (Fsp3) is 0.300. The van der Waals surface area contributed by atoms with Gasteiger partial charge in [0.15, 0.2) is 11.5 Å². The highest BCUT2D eigenvalue weighted by atomic mass is 35.5. The van der Waals surface area contributed by atoms with Gasteiger partial charge in [0.25, 0.3) is 0 Å². The van der Waals surface area contributed by atoms with E-state index in [4.69, 9.17) is 22.1 Å². The number of amides is 1. The lowest BCUT2D eigenvalue weighted by Gasteiger charge is -2.23. The number of rotatable bonds is 7. The van der Waals surface area contributed by atoms with Crippen LogP contribution in [-0.2, 0) is 16.1 Å². The molecule has 0 saturated heterocycles. The normalized spacial score (nSPS) is 12.5. The van der Waals surface area contributed by atoms with E-state index in [-0.39, 0.29) is 19.1 Å². The fourth-order valence-electron chi connectivity index (χ4n) is 2.64. The van der Waals surface area contributed by atoms with Gasteiger partial charge in [-0.2, -0.15) is 5.26 Å². The van der Waals surface area contributed by atoms with Crippen LogP contribution in [0.25, 0.3) is 5.65 Å². The van der Waals surface area contributed by atoms with Crippen LogP contribution in [0, 0.1) is 11.3 Å². The maximum atomic E-state index is 12.5. The van der Waals surface area contributed by atoms with Gasteiger partial charge in [-0.3, -0.25) is 9.20 Å². The largest absolute Gasteiger partial charge is 0.374 e. The molecule has 1 atom stereocenters. The molecule has 3 rings (SSSR count). The van der Waals surface area contributed by atoms with Crippen LogP contribution in [0.5, 0.6) is 0 Å². The summed E-state index contributed by atoms with van der Waals surface area (Å²) in [6, 6.07) is 12.2. The highest BCUT2D eigenvalue weighted by Gasteiger charge is 2.28. The molecule has 0 unspecified atom stereocenters. The predicted molar refractivity (Wildman–Crippen MR) is 108 cm³/mol. The number of nitrogens with zero attached hydrogens (tertiary/aromatic N) is 4. The topological polar surface area (TPSA) is 118 Å². The Labute approximate surface area is 173 Å². The molecule has 3 aromatic rings. The molecule has 0 bridgehead atoms. The van der Waals surface area contributed by atoms with E-state index >= 15 is 0 Å². The summed E-state index contributed by atoms with van der Waals surface area (Å²) < 4.78 is 7.48. The standard InChI is InChI=1S/C20H21ClN6O2/c1-20(2,23)19(28)24-16(12-29-11-14-5-3-4-6-15(14)21)18-26-25-17-8-7-13(9-22)10-27(17)18/h3-8,10,16H,11-12,23H2,1-2H3,(H,24,28)/t16-/m1/s1. The van der Waals surface area contributed by atoms with E-state index in [1.807, 2.05) is 18.2 Å². The van der Waals surface area contributed by atoms with Crippen LogP contribution in [0.2, 0.25) is 5.02 Å². The first-order valence-electron chi connectivity index (χ1n) is 8.95. The summed E-state index contributed by atoms with van der Waals surface area (Å²) in [5.74, 6) is 0.0749. The van der Waals surface area contributed by atoms with Crippen LogP contribution in [0.3, 0.4) is 0 Å². The second-order valence-corrected chi connectivity index (χ2v) is 7.58. The Morgan fingerprint density at radius 3 is 2.79 bits per heavy atom. The van der Waals surface area contributed by atoms with Crippen molar-refractivity contribution in [1.29, 1.82) is 5.26 Å². The highest BCUT2D eigenvalue weighted by molar-refractivity contribution is 6.31. The van der Waals surface area contributed by atoms with E-state index in [1.165, 1.54) is 0 Å². The van der Waals surface area contributed by atoms with Crippen molar-refractivity contribution in [2.24, 2.45) is 5.73 Å². The van der Waals surface area contributed by atoms with Gasteiger partial charge >= 0.3 is 0 Å². The second-order valence-electron chi connectivity index (χ2n) is 7.17. The smallest absolute Gasteiger partial charge is 0.240 e. The predicted octanol–water partition coefficient (Wildman–Crippen LogP) is 2.37. The Kier molecular flexibility index (Phi) is 6.13. The summed E-state index contributed by atoms with van der Waals surface area (Å²) in [5, 5.41) is 20.9. The van der Waals surface area contributed by atoms with Gasteiger partial charge in [0.05, 0.1) is 24.3 Å². The van der Waals surface area contributed by atoms with Crippen LogP contribution in [0.15, 0.2) is 42.6 Å². The summed E-state index contributed by atoms with van der Waals surface area (Å²) in [6.07, 6.45) is 1.62. The molecule has 9 heteroatoms. The Morgan fingerprint density at radius 2 is 2.10 bits per heavy atom. The number of nitrogens with two attached hydrogens (primary N) is 1. The third-order valence-corrected chi connectivity index (χ3v) is 4.63. The zero-order chi connectivity index (χ0) is 21.0. The van der Waals surface area contributed by atoms with Gasteiger partial charge in [-0.15, -0.1) is 10.2 Å². The molecule has 1 amide bonds. The van der Waals surface area contributed by atoms with Crippen molar-refractivity contribution in [1.82, 2.24) is 19.9 Å². The molecule has 3 N–H and O–H groups in total. The fourth-order valence-corrected chi connectivity index (χ4v) is 2.83. The number of fused-ring (bicyclic) bond motifs is 1. The maximum absolute atomic E-state index is 12.5. The van der Waals surface area contributed by atoms with Crippen molar-refractivity contribution < 1.29 is 9.53 Å². The van der Waals surface area contributed by atoms with Crippen LogP contribution in [0.1, 0.15) is 36.8 Å². The van der Waals surface area contributed by atoms with Crippen LogP contribution < -0.4 is 11.1 Å². The number of halogens is 1. The molecule has 0 aliphatic rings. The Bertz CT molecular complexity index is 1070. The van der Waals surface area contributed by atoms with Crippen molar-refractivity contribution in [2.45, 2.75) is 32.0 Å². The lowest BCUT2D eigenvalue weighted by atomic mass is 10.1. The summed E-state index contributed by atoms with van der Waals surface area (Å²) in [7, 11) is 0. The molecular weight excluding hydrogens is 392 g/mol. The Morgan fingerprint density at radius 1 is 1.34 bits per heavy atom. The van der Waals surface area contributed by atoms with Crippen molar-refractivity contribution in [3.8, 4) is 6.07 Å². The minimum Gasteiger partial charge on any atom is -0.374 e. The van der Waals surface area contributed by atoms with Crippen molar-refractivity contribution in [3.63, 3.8) is 0 Å². The Balaban J connectivity index is 1.86. The summed E-state index contributed by atoms with van der Waals surface area (Å²) in [4.78, 5) is 12.5. The molecule has 8 nitrogen and oxygen atoms in total. The van der Waals surface area contributed by atoms with Gasteiger partial charge in [0.1, 0.15) is 12.1 Å². The number of aromatic nitrogens is 3. The molecule has 1 aromatic carbocycles. The molecule has 150 valence electrons. The summed E-state index contributed by atoms with van der Waals surface area (Å²) >= 11 is 6.17. The van der Waals surface area contributed by atoms with Gasteiger partial charge in [-0.25, -0.2) is 0 Å². The van der Waals surface area contributed by atoms with Crippen molar-refractivity contribution in [3.05, 3.63) is 64.6 Å². The molecule has 0 aliphatic heterocycles. The Hall–Kier alpha value is -2.99. The first-order valence-corrected chi connectivity index (χ1v) is 9.33. The van der Waals surface area contributed by atoms with Gasteiger partial charge in [0, 0.05) is 11.2 Å². The second kappa shape index (κ2) is 8.57. The number of carbonyl (C=O) groups excluding carboxylic acids is 1. The molecule has 0 fully saturated rings. The highest BCUT2D eigenvalue weighted by Crippen LogP contribution is 2.19. The molecule has 29 heavy (non-hydrogen) atoms. The number of pyridine rings is 1. The van der Waals surface area contributed by atoms with E-state index in [0.717, 1.165) is 5.56 Å². The monoisotopic (exact) mass is 412 g/mol. The molecular formula is C20H21ClN6O2. The quantitative estimate of drug-likeness (QED) is 0.615. The number of hydrogen-bond acceptors (Lipinski definition) is 6. The maximum Gasteiger partial charge on any atom is 0.240 e. The first kappa shape index (κ1) is 20.7. The van der Waals surface area contributed by atoms with Crippen LogP contribution in [0.4, 0.5) is 0 Å². The summed E-state index contributed by atoms with van der Waals surface area (Å²) in [6.45, 7) is 3.60. The number of carbonyl (C=O) groups is 1. The third-order valence-electron chi connectivity index (χ3n) is 4.26. The number of ether oxygens (including phenoxy) is 1.